The summed E-state index contributed by atoms with van der Waals surface area (Å²) in [5.41, 5.74) is 1.64. The highest BCUT2D eigenvalue weighted by Crippen LogP contribution is 2.42. The van der Waals surface area contributed by atoms with Crippen LogP contribution in [0, 0.1) is 0 Å². The van der Waals surface area contributed by atoms with Crippen LogP contribution in [0.5, 0.6) is 0 Å². The average molecular weight is 330 g/mol. The van der Waals surface area contributed by atoms with Gasteiger partial charge in [0.1, 0.15) is 0 Å². The Morgan fingerprint density at radius 1 is 0.909 bits per heavy atom. The summed E-state index contributed by atoms with van der Waals surface area (Å²) in [5.74, 6) is 0. The van der Waals surface area contributed by atoms with Gasteiger partial charge in [0.2, 0.25) is 0 Å². The van der Waals surface area contributed by atoms with E-state index in [1.807, 2.05) is 36.4 Å². The smallest absolute Gasteiger partial charge is 0.261 e. The van der Waals surface area contributed by atoms with Crippen molar-refractivity contribution in [3.05, 3.63) is 71.2 Å². The first kappa shape index (κ1) is 13.6. The van der Waals surface area contributed by atoms with Gasteiger partial charge < -0.3 is 0 Å². The van der Waals surface area contributed by atoms with Crippen molar-refractivity contribution < 1.29 is 8.42 Å². The molecule has 1 aliphatic rings. The summed E-state index contributed by atoms with van der Waals surface area (Å²) in [6.45, 7) is 0.299. The standard InChI is InChI=1S/C17H12ClNO2S/c18-14-9-7-12(8-10-14)11-19-15-5-1-3-13-4-2-6-16(17(13)15)22(19,20)21/h1-10H,11H2. The van der Waals surface area contributed by atoms with Crippen LogP contribution in [-0.4, -0.2) is 8.42 Å². The normalized spacial score (nSPS) is 15.4. The van der Waals surface area contributed by atoms with Crippen LogP contribution in [0.2, 0.25) is 5.02 Å². The van der Waals surface area contributed by atoms with Crippen LogP contribution < -0.4 is 4.31 Å². The average Bonchev–Trinajstić information content (AvgIpc) is 2.73. The summed E-state index contributed by atoms with van der Waals surface area (Å²) in [6.07, 6.45) is 0. The fraction of sp³-hybridized carbons (Fsp3) is 0.0588. The quantitative estimate of drug-likeness (QED) is 0.706. The van der Waals surface area contributed by atoms with E-state index in [4.69, 9.17) is 11.6 Å². The van der Waals surface area contributed by atoms with E-state index in [1.54, 1.807) is 24.3 Å². The molecule has 3 nitrogen and oxygen atoms in total. The number of nitrogens with zero attached hydrogens (tertiary/aromatic N) is 1. The van der Waals surface area contributed by atoms with Crippen molar-refractivity contribution in [3.8, 4) is 0 Å². The maximum absolute atomic E-state index is 12.8. The fourth-order valence-corrected chi connectivity index (χ4v) is 4.71. The van der Waals surface area contributed by atoms with Gasteiger partial charge in [0.25, 0.3) is 10.0 Å². The summed E-state index contributed by atoms with van der Waals surface area (Å²) >= 11 is 5.89. The molecule has 0 fully saturated rings. The van der Waals surface area contributed by atoms with Crippen molar-refractivity contribution in [2.75, 3.05) is 4.31 Å². The molecule has 1 heterocycles. The van der Waals surface area contributed by atoms with Crippen molar-refractivity contribution >= 4 is 38.1 Å². The topological polar surface area (TPSA) is 37.4 Å². The van der Waals surface area contributed by atoms with Crippen molar-refractivity contribution in [2.24, 2.45) is 0 Å². The molecule has 0 radical (unpaired) electrons. The van der Waals surface area contributed by atoms with Gasteiger partial charge in [-0.15, -0.1) is 0 Å². The highest BCUT2D eigenvalue weighted by atomic mass is 35.5. The monoisotopic (exact) mass is 329 g/mol. The molecule has 5 heteroatoms. The van der Waals surface area contributed by atoms with Crippen molar-refractivity contribution in [1.82, 2.24) is 0 Å². The first-order chi connectivity index (χ1) is 10.6. The number of halogens is 1. The lowest BCUT2D eigenvalue weighted by Crippen LogP contribution is -2.26. The molecule has 22 heavy (non-hydrogen) atoms. The SMILES string of the molecule is O=S1(=O)c2cccc3cccc(c23)N1Cc1ccc(Cl)cc1. The molecule has 4 rings (SSSR count). The van der Waals surface area contributed by atoms with E-state index in [0.717, 1.165) is 22.0 Å². The molecule has 3 aromatic carbocycles. The van der Waals surface area contributed by atoms with Crippen molar-refractivity contribution in [3.63, 3.8) is 0 Å². The van der Waals surface area contributed by atoms with Gasteiger partial charge >= 0.3 is 0 Å². The summed E-state index contributed by atoms with van der Waals surface area (Å²) in [5, 5.41) is 2.38. The largest absolute Gasteiger partial charge is 0.265 e. The van der Waals surface area contributed by atoms with Gasteiger partial charge in [-0.1, -0.05) is 48.0 Å². The molecule has 0 atom stereocenters. The zero-order valence-corrected chi connectivity index (χ0v) is 13.1. The second kappa shape index (κ2) is 4.73. The molecule has 0 N–H and O–H groups in total. The summed E-state index contributed by atoms with van der Waals surface area (Å²) in [6, 6.07) is 18.3. The van der Waals surface area contributed by atoms with Crippen LogP contribution >= 0.6 is 11.6 Å². The van der Waals surface area contributed by atoms with Gasteiger partial charge in [-0.2, -0.15) is 0 Å². The third kappa shape index (κ3) is 1.91. The van der Waals surface area contributed by atoms with E-state index < -0.39 is 10.0 Å². The molecule has 0 aromatic heterocycles. The molecule has 110 valence electrons. The van der Waals surface area contributed by atoms with E-state index in [2.05, 4.69) is 0 Å². The first-order valence-corrected chi connectivity index (χ1v) is 8.68. The maximum Gasteiger partial charge on any atom is 0.265 e. The van der Waals surface area contributed by atoms with Crippen LogP contribution in [0.1, 0.15) is 5.56 Å². The van der Waals surface area contributed by atoms with Crippen LogP contribution in [0.25, 0.3) is 10.8 Å². The molecule has 0 amide bonds. The van der Waals surface area contributed by atoms with Crippen molar-refractivity contribution in [2.45, 2.75) is 11.4 Å². The van der Waals surface area contributed by atoms with Gasteiger partial charge in [-0.3, -0.25) is 4.31 Å². The Hall–Kier alpha value is -2.04. The van der Waals surface area contributed by atoms with Crippen molar-refractivity contribution in [1.29, 1.82) is 0 Å². The lowest BCUT2D eigenvalue weighted by molar-refractivity contribution is 0.593. The lowest BCUT2D eigenvalue weighted by atomic mass is 10.1. The van der Waals surface area contributed by atoms with Crippen LogP contribution in [0.4, 0.5) is 5.69 Å². The highest BCUT2D eigenvalue weighted by molar-refractivity contribution is 7.93. The Morgan fingerprint density at radius 2 is 1.59 bits per heavy atom. The molecule has 0 unspecified atom stereocenters. The molecule has 0 bridgehead atoms. The predicted octanol–water partition coefficient (Wildman–Crippen LogP) is 4.20. The van der Waals surface area contributed by atoms with Crippen LogP contribution in [0.3, 0.4) is 0 Å². The molecular weight excluding hydrogens is 318 g/mol. The van der Waals surface area contributed by atoms with Gasteiger partial charge in [0.15, 0.2) is 0 Å². The molecule has 0 saturated heterocycles. The predicted molar refractivity (Wildman–Crippen MR) is 88.8 cm³/mol. The molecule has 0 saturated carbocycles. The molecule has 0 spiro atoms. The lowest BCUT2D eigenvalue weighted by Gasteiger charge is -2.18. The number of rotatable bonds is 2. The third-order valence-electron chi connectivity index (χ3n) is 3.92. The number of benzene rings is 3. The second-order valence-corrected chi connectivity index (χ2v) is 7.54. The summed E-state index contributed by atoms with van der Waals surface area (Å²) in [7, 11) is -3.51. The molecule has 0 aliphatic carbocycles. The first-order valence-electron chi connectivity index (χ1n) is 6.86. The van der Waals surface area contributed by atoms with Crippen LogP contribution in [-0.2, 0) is 16.6 Å². The van der Waals surface area contributed by atoms with E-state index in [-0.39, 0.29) is 0 Å². The molecular formula is C17H12ClNO2S. The minimum absolute atomic E-state index is 0.299. The molecule has 3 aromatic rings. The number of hydrogen-bond donors (Lipinski definition) is 0. The Labute approximate surface area is 133 Å². The minimum atomic E-state index is -3.51. The summed E-state index contributed by atoms with van der Waals surface area (Å²) in [4.78, 5) is 0.384. The Kier molecular flexibility index (Phi) is 2.93. The van der Waals surface area contributed by atoms with Gasteiger partial charge in [-0.25, -0.2) is 8.42 Å². The van der Waals surface area contributed by atoms with Crippen LogP contribution in [0.15, 0.2) is 65.6 Å². The summed E-state index contributed by atoms with van der Waals surface area (Å²) < 4.78 is 27.1. The third-order valence-corrected chi connectivity index (χ3v) is 5.97. The maximum atomic E-state index is 12.8. The zero-order chi connectivity index (χ0) is 15.3. The van der Waals surface area contributed by atoms with E-state index in [1.165, 1.54) is 4.31 Å². The number of hydrogen-bond acceptors (Lipinski definition) is 2. The number of anilines is 1. The van der Waals surface area contributed by atoms with Gasteiger partial charge in [-0.05, 0) is 35.2 Å². The Balaban J connectivity index is 1.88. The number of sulfonamides is 1. The second-order valence-electron chi connectivity index (χ2n) is 5.27. The zero-order valence-electron chi connectivity index (χ0n) is 11.5. The van der Waals surface area contributed by atoms with Gasteiger partial charge in [0.05, 0.1) is 17.1 Å². The van der Waals surface area contributed by atoms with E-state index in [0.29, 0.717) is 16.5 Å². The fourth-order valence-electron chi connectivity index (χ4n) is 2.88. The minimum Gasteiger partial charge on any atom is -0.261 e. The molecule has 1 aliphatic heterocycles. The van der Waals surface area contributed by atoms with E-state index in [9.17, 15) is 8.42 Å². The highest BCUT2D eigenvalue weighted by Gasteiger charge is 2.35. The van der Waals surface area contributed by atoms with E-state index >= 15 is 0 Å². The Bertz CT molecular complexity index is 976. The van der Waals surface area contributed by atoms with Gasteiger partial charge in [0, 0.05) is 10.4 Å². The Morgan fingerprint density at radius 3 is 2.32 bits per heavy atom.